The molecule has 1 aromatic rings. The Kier molecular flexibility index (Phi) is 4.88. The molecular formula is C17H26N2O2. The molecule has 0 aliphatic carbocycles. The molecule has 3 heterocycles. The summed E-state index contributed by atoms with van der Waals surface area (Å²) in [5.41, 5.74) is 0.827. The maximum atomic E-state index is 10.6. The van der Waals surface area contributed by atoms with Crippen molar-refractivity contribution in [3.05, 3.63) is 30.1 Å². The molecule has 0 spiro atoms. The van der Waals surface area contributed by atoms with Crippen LogP contribution in [0.4, 0.5) is 0 Å². The van der Waals surface area contributed by atoms with Crippen LogP contribution in [0.25, 0.3) is 0 Å². The van der Waals surface area contributed by atoms with Crippen LogP contribution in [0.2, 0.25) is 0 Å². The smallest absolute Gasteiger partial charge is 0.0817 e. The standard InChI is InChI=1S/C17H26N2O2/c20-17(5-10-21-11-6-17)14-19-8-3-15(4-9-19)12-16-2-1-7-18-13-16/h1-2,7,13,15,20H,3-6,8-12,14H2. The van der Waals surface area contributed by atoms with Crippen LogP contribution < -0.4 is 0 Å². The average Bonchev–Trinajstić information content (AvgIpc) is 2.51. The molecule has 2 aliphatic rings. The van der Waals surface area contributed by atoms with Crippen molar-refractivity contribution < 1.29 is 9.84 Å². The second-order valence-electron chi connectivity index (χ2n) is 6.62. The number of hydrogen-bond acceptors (Lipinski definition) is 4. The number of rotatable bonds is 4. The van der Waals surface area contributed by atoms with Gasteiger partial charge in [-0.3, -0.25) is 4.98 Å². The first kappa shape index (κ1) is 14.9. The number of hydrogen-bond donors (Lipinski definition) is 1. The summed E-state index contributed by atoms with van der Waals surface area (Å²) in [6.45, 7) is 4.43. The minimum atomic E-state index is -0.519. The van der Waals surface area contributed by atoms with Crippen molar-refractivity contribution in [2.45, 2.75) is 37.7 Å². The molecule has 0 radical (unpaired) electrons. The molecule has 1 N–H and O–H groups in total. The summed E-state index contributed by atoms with van der Waals surface area (Å²) in [5.74, 6) is 0.759. The highest BCUT2D eigenvalue weighted by Gasteiger charge is 2.33. The lowest BCUT2D eigenvalue weighted by atomic mass is 9.88. The lowest BCUT2D eigenvalue weighted by molar-refractivity contribution is -0.0829. The van der Waals surface area contributed by atoms with Crippen LogP contribution in [-0.4, -0.2) is 53.4 Å². The highest BCUT2D eigenvalue weighted by molar-refractivity contribution is 5.09. The highest BCUT2D eigenvalue weighted by atomic mass is 16.5. The van der Waals surface area contributed by atoms with E-state index in [2.05, 4.69) is 16.0 Å². The van der Waals surface area contributed by atoms with Crippen LogP contribution in [-0.2, 0) is 11.2 Å². The van der Waals surface area contributed by atoms with E-state index in [9.17, 15) is 5.11 Å². The Morgan fingerprint density at radius 2 is 2.05 bits per heavy atom. The largest absolute Gasteiger partial charge is 0.388 e. The highest BCUT2D eigenvalue weighted by Crippen LogP contribution is 2.26. The van der Waals surface area contributed by atoms with E-state index in [0.717, 1.165) is 44.8 Å². The maximum Gasteiger partial charge on any atom is 0.0817 e. The molecule has 2 aliphatic heterocycles. The number of pyridine rings is 1. The number of likely N-dealkylation sites (tertiary alicyclic amines) is 1. The summed E-state index contributed by atoms with van der Waals surface area (Å²) < 4.78 is 5.35. The number of ether oxygens (including phenoxy) is 1. The zero-order chi connectivity index (χ0) is 14.5. The SMILES string of the molecule is OC1(CN2CCC(Cc3cccnc3)CC2)CCOCC1. The molecule has 116 valence electrons. The Hall–Kier alpha value is -0.970. The van der Waals surface area contributed by atoms with Gasteiger partial charge < -0.3 is 14.7 Å². The zero-order valence-electron chi connectivity index (χ0n) is 12.7. The van der Waals surface area contributed by atoms with Gasteiger partial charge in [-0.2, -0.15) is 0 Å². The van der Waals surface area contributed by atoms with Gasteiger partial charge in [-0.1, -0.05) is 6.07 Å². The summed E-state index contributed by atoms with van der Waals surface area (Å²) in [5, 5.41) is 10.6. The summed E-state index contributed by atoms with van der Waals surface area (Å²) in [7, 11) is 0. The first-order chi connectivity index (χ1) is 10.2. The number of aliphatic hydroxyl groups is 1. The third-order valence-corrected chi connectivity index (χ3v) is 4.90. The molecule has 2 saturated heterocycles. The molecule has 4 heteroatoms. The number of β-amino-alcohol motifs (C(OH)–C–C–N with tert-alkyl or cyclic N) is 1. The van der Waals surface area contributed by atoms with Gasteiger partial charge in [0.05, 0.1) is 5.60 Å². The number of aromatic nitrogens is 1. The van der Waals surface area contributed by atoms with Crippen molar-refractivity contribution in [1.29, 1.82) is 0 Å². The van der Waals surface area contributed by atoms with Gasteiger partial charge >= 0.3 is 0 Å². The van der Waals surface area contributed by atoms with Crippen LogP contribution in [0, 0.1) is 5.92 Å². The Balaban J connectivity index is 1.44. The monoisotopic (exact) mass is 290 g/mol. The predicted molar refractivity (Wildman–Crippen MR) is 82.1 cm³/mol. The average molecular weight is 290 g/mol. The Labute approximate surface area is 127 Å². The first-order valence-electron chi connectivity index (χ1n) is 8.15. The fourth-order valence-corrected chi connectivity index (χ4v) is 3.53. The van der Waals surface area contributed by atoms with E-state index in [1.54, 1.807) is 0 Å². The van der Waals surface area contributed by atoms with E-state index in [0.29, 0.717) is 13.2 Å². The van der Waals surface area contributed by atoms with Gasteiger partial charge in [-0.05, 0) is 49.9 Å². The molecule has 0 unspecified atom stereocenters. The summed E-state index contributed by atoms with van der Waals surface area (Å²) in [6, 6.07) is 4.19. The van der Waals surface area contributed by atoms with Crippen molar-refractivity contribution in [1.82, 2.24) is 9.88 Å². The third kappa shape index (κ3) is 4.25. The Bertz CT molecular complexity index is 424. The summed E-state index contributed by atoms with van der Waals surface area (Å²) >= 11 is 0. The summed E-state index contributed by atoms with van der Waals surface area (Å²) in [4.78, 5) is 6.63. The molecule has 0 amide bonds. The van der Waals surface area contributed by atoms with E-state index in [1.807, 2.05) is 18.5 Å². The minimum Gasteiger partial charge on any atom is -0.388 e. The van der Waals surface area contributed by atoms with E-state index in [4.69, 9.17) is 4.74 Å². The Morgan fingerprint density at radius 1 is 1.29 bits per heavy atom. The molecule has 3 rings (SSSR count). The summed E-state index contributed by atoms with van der Waals surface area (Å²) in [6.07, 6.45) is 8.96. The van der Waals surface area contributed by atoms with Crippen LogP contribution in [0.3, 0.4) is 0 Å². The van der Waals surface area contributed by atoms with Crippen LogP contribution in [0.15, 0.2) is 24.5 Å². The fraction of sp³-hybridized carbons (Fsp3) is 0.706. The van der Waals surface area contributed by atoms with E-state index < -0.39 is 5.60 Å². The van der Waals surface area contributed by atoms with E-state index in [1.165, 1.54) is 18.4 Å². The van der Waals surface area contributed by atoms with Crippen molar-refractivity contribution in [2.24, 2.45) is 5.92 Å². The van der Waals surface area contributed by atoms with Gasteiger partial charge in [0.1, 0.15) is 0 Å². The normalized spacial score (nSPS) is 24.0. The predicted octanol–water partition coefficient (Wildman–Crippen LogP) is 1.88. The van der Waals surface area contributed by atoms with Gasteiger partial charge in [0.2, 0.25) is 0 Å². The second-order valence-corrected chi connectivity index (χ2v) is 6.62. The molecule has 0 saturated carbocycles. The van der Waals surface area contributed by atoms with Crippen LogP contribution >= 0.6 is 0 Å². The lowest BCUT2D eigenvalue weighted by Crippen LogP contribution is -2.49. The van der Waals surface area contributed by atoms with Crippen molar-refractivity contribution in [2.75, 3.05) is 32.8 Å². The third-order valence-electron chi connectivity index (χ3n) is 4.90. The molecule has 0 bridgehead atoms. The van der Waals surface area contributed by atoms with Gasteiger partial charge in [0, 0.05) is 45.0 Å². The first-order valence-corrected chi connectivity index (χ1v) is 8.15. The molecule has 2 fully saturated rings. The zero-order valence-corrected chi connectivity index (χ0v) is 12.7. The Morgan fingerprint density at radius 3 is 2.71 bits per heavy atom. The van der Waals surface area contributed by atoms with Crippen LogP contribution in [0.5, 0.6) is 0 Å². The molecule has 4 nitrogen and oxygen atoms in total. The number of nitrogens with zero attached hydrogens (tertiary/aromatic N) is 2. The minimum absolute atomic E-state index is 0.519. The quantitative estimate of drug-likeness (QED) is 0.919. The molecule has 21 heavy (non-hydrogen) atoms. The molecule has 1 aromatic heterocycles. The van der Waals surface area contributed by atoms with Gasteiger partial charge in [-0.25, -0.2) is 0 Å². The van der Waals surface area contributed by atoms with Gasteiger partial charge in [-0.15, -0.1) is 0 Å². The maximum absolute atomic E-state index is 10.6. The topological polar surface area (TPSA) is 45.6 Å². The second kappa shape index (κ2) is 6.86. The fourth-order valence-electron chi connectivity index (χ4n) is 3.53. The molecular weight excluding hydrogens is 264 g/mol. The van der Waals surface area contributed by atoms with Crippen molar-refractivity contribution in [3.8, 4) is 0 Å². The van der Waals surface area contributed by atoms with E-state index >= 15 is 0 Å². The van der Waals surface area contributed by atoms with Crippen LogP contribution in [0.1, 0.15) is 31.2 Å². The lowest BCUT2D eigenvalue weighted by Gasteiger charge is -2.39. The van der Waals surface area contributed by atoms with Crippen molar-refractivity contribution in [3.63, 3.8) is 0 Å². The number of piperidine rings is 1. The van der Waals surface area contributed by atoms with Crippen molar-refractivity contribution >= 4 is 0 Å². The van der Waals surface area contributed by atoms with E-state index in [-0.39, 0.29) is 0 Å². The molecule has 0 atom stereocenters. The molecule has 0 aromatic carbocycles. The van der Waals surface area contributed by atoms with Gasteiger partial charge in [0.25, 0.3) is 0 Å². The van der Waals surface area contributed by atoms with Gasteiger partial charge in [0.15, 0.2) is 0 Å².